The molecule has 1 aliphatic rings. The number of nitrogens with zero attached hydrogens (tertiary/aromatic N) is 3. The van der Waals surface area contributed by atoms with Crippen molar-refractivity contribution in [2.24, 2.45) is 4.99 Å². The zero-order valence-corrected chi connectivity index (χ0v) is 22.4. The molecule has 1 atom stereocenters. The van der Waals surface area contributed by atoms with E-state index in [0.29, 0.717) is 36.9 Å². The summed E-state index contributed by atoms with van der Waals surface area (Å²) in [6, 6.07) is 24.7. The lowest BCUT2D eigenvalue weighted by Gasteiger charge is -2.25. The van der Waals surface area contributed by atoms with Crippen LogP contribution in [0.15, 0.2) is 94.2 Å². The average Bonchev–Trinajstić information content (AvgIpc) is 3.27. The molecule has 5 rings (SSSR count). The van der Waals surface area contributed by atoms with Crippen LogP contribution in [-0.2, 0) is 9.53 Å². The number of para-hydroxylation sites is 1. The van der Waals surface area contributed by atoms with Crippen molar-refractivity contribution in [1.29, 1.82) is 5.26 Å². The van der Waals surface area contributed by atoms with Crippen LogP contribution in [0.3, 0.4) is 0 Å². The van der Waals surface area contributed by atoms with Crippen LogP contribution in [-0.4, -0.2) is 23.8 Å². The summed E-state index contributed by atoms with van der Waals surface area (Å²) >= 11 is 7.39. The Morgan fingerprint density at radius 2 is 1.82 bits per heavy atom. The van der Waals surface area contributed by atoms with E-state index in [4.69, 9.17) is 31.3 Å². The highest BCUT2D eigenvalue weighted by molar-refractivity contribution is 7.07. The number of aromatic nitrogens is 1. The Kier molecular flexibility index (Phi) is 7.73. The van der Waals surface area contributed by atoms with Crippen LogP contribution < -0.4 is 19.6 Å². The molecule has 0 aliphatic carbocycles. The number of halogens is 1. The topological polar surface area (TPSA) is 93.7 Å². The molecule has 0 bridgehead atoms. The smallest absolute Gasteiger partial charge is 0.338 e. The number of hydrogen-bond donors (Lipinski definition) is 0. The number of rotatable bonds is 7. The van der Waals surface area contributed by atoms with Crippen molar-refractivity contribution in [1.82, 2.24) is 4.57 Å². The van der Waals surface area contributed by atoms with Gasteiger partial charge in [0, 0.05) is 16.1 Å². The maximum absolute atomic E-state index is 14.0. The van der Waals surface area contributed by atoms with Crippen LogP contribution in [0.4, 0.5) is 0 Å². The van der Waals surface area contributed by atoms with Gasteiger partial charge >= 0.3 is 5.97 Å². The maximum Gasteiger partial charge on any atom is 0.338 e. The largest absolute Gasteiger partial charge is 0.478 e. The maximum atomic E-state index is 14.0. The van der Waals surface area contributed by atoms with Gasteiger partial charge in [0.05, 0.1) is 28.5 Å². The van der Waals surface area contributed by atoms with E-state index in [1.165, 1.54) is 15.9 Å². The third kappa shape index (κ3) is 5.28. The quantitative estimate of drug-likeness (QED) is 0.313. The Morgan fingerprint density at radius 3 is 2.54 bits per heavy atom. The summed E-state index contributed by atoms with van der Waals surface area (Å²) in [5.41, 5.74) is 2.46. The molecule has 194 valence electrons. The molecule has 9 heteroatoms. The van der Waals surface area contributed by atoms with Gasteiger partial charge in [-0.25, -0.2) is 9.79 Å². The molecule has 0 unspecified atom stereocenters. The molecule has 0 saturated carbocycles. The number of nitriles is 1. The van der Waals surface area contributed by atoms with E-state index < -0.39 is 12.0 Å². The monoisotopic (exact) mass is 555 g/mol. The summed E-state index contributed by atoms with van der Waals surface area (Å²) < 4.78 is 13.0. The summed E-state index contributed by atoms with van der Waals surface area (Å²) in [5.74, 6) is -0.0686. The minimum absolute atomic E-state index is 0.119. The zero-order valence-electron chi connectivity index (χ0n) is 20.8. The predicted molar refractivity (Wildman–Crippen MR) is 150 cm³/mol. The fourth-order valence-corrected chi connectivity index (χ4v) is 5.50. The Morgan fingerprint density at radius 1 is 1.10 bits per heavy atom. The molecule has 0 spiro atoms. The first-order valence-electron chi connectivity index (χ1n) is 12.1. The lowest BCUT2D eigenvalue weighted by molar-refractivity contribution is -0.138. The number of esters is 1. The fourth-order valence-electron chi connectivity index (χ4n) is 4.38. The van der Waals surface area contributed by atoms with Crippen LogP contribution in [0.1, 0.15) is 29.7 Å². The van der Waals surface area contributed by atoms with Crippen molar-refractivity contribution in [2.45, 2.75) is 13.0 Å². The van der Waals surface area contributed by atoms with E-state index in [2.05, 4.69) is 0 Å². The number of carbonyl (C=O) groups excluding carboxylic acids is 1. The molecule has 4 aromatic rings. The van der Waals surface area contributed by atoms with Crippen molar-refractivity contribution < 1.29 is 14.3 Å². The number of thiazole rings is 1. The second-order valence-electron chi connectivity index (χ2n) is 8.47. The molecule has 39 heavy (non-hydrogen) atoms. The van der Waals surface area contributed by atoms with Gasteiger partial charge in [-0.1, -0.05) is 83.6 Å². The molecule has 0 N–H and O–H groups in total. The van der Waals surface area contributed by atoms with Gasteiger partial charge in [0.1, 0.15) is 11.8 Å². The van der Waals surface area contributed by atoms with Gasteiger partial charge in [-0.2, -0.15) is 5.26 Å². The van der Waals surface area contributed by atoms with E-state index in [1.54, 1.807) is 55.5 Å². The zero-order chi connectivity index (χ0) is 27.4. The van der Waals surface area contributed by atoms with E-state index in [9.17, 15) is 9.59 Å². The Balaban J connectivity index is 1.80. The van der Waals surface area contributed by atoms with Crippen LogP contribution in [0, 0.1) is 11.3 Å². The summed E-state index contributed by atoms with van der Waals surface area (Å²) in [6.45, 7) is 1.78. The van der Waals surface area contributed by atoms with Gasteiger partial charge in [0.15, 0.2) is 11.4 Å². The van der Waals surface area contributed by atoms with Gasteiger partial charge in [0.25, 0.3) is 5.56 Å². The number of ether oxygens (including phenoxy) is 2. The molecular weight excluding hydrogens is 534 g/mol. The van der Waals surface area contributed by atoms with Gasteiger partial charge < -0.3 is 9.47 Å². The number of carbonyl (C=O) groups is 1. The van der Waals surface area contributed by atoms with Crippen LogP contribution in [0.5, 0.6) is 5.75 Å². The van der Waals surface area contributed by atoms with Crippen molar-refractivity contribution >= 4 is 40.7 Å². The molecule has 0 fully saturated rings. The van der Waals surface area contributed by atoms with E-state index >= 15 is 0 Å². The summed E-state index contributed by atoms with van der Waals surface area (Å²) in [7, 11) is 0. The first-order chi connectivity index (χ1) is 19.0. The molecule has 0 saturated heterocycles. The van der Waals surface area contributed by atoms with Gasteiger partial charge in [-0.3, -0.25) is 9.36 Å². The first-order valence-corrected chi connectivity index (χ1v) is 13.3. The normalized spacial score (nSPS) is 14.8. The molecule has 0 radical (unpaired) electrons. The molecule has 3 aromatic carbocycles. The minimum atomic E-state index is -0.792. The summed E-state index contributed by atoms with van der Waals surface area (Å²) in [4.78, 5) is 32.7. The molecule has 7 nitrogen and oxygen atoms in total. The van der Waals surface area contributed by atoms with Crippen LogP contribution >= 0.6 is 22.9 Å². The molecule has 1 aliphatic heterocycles. The Hall–Kier alpha value is -4.45. The number of fused-ring (bicyclic) bond motifs is 1. The van der Waals surface area contributed by atoms with E-state index in [0.717, 1.165) is 5.56 Å². The standard InChI is InChI=1S/C30H22ClN3O4S/c1-2-37-29(36)25-26(19-8-4-3-5-9-19)33-30-34(27(25)20-12-14-22(31)15-13-20)28(35)24(39-30)18-21-10-6-7-11-23(21)38-17-16-32/h3-15,18,27H,2,17H2,1H3/b24-18-/t27-/m1/s1. The second-order valence-corrected chi connectivity index (χ2v) is 9.91. The fraction of sp³-hybridized carbons (Fsp3) is 0.133. The highest BCUT2D eigenvalue weighted by Gasteiger charge is 2.35. The van der Waals surface area contributed by atoms with Crippen molar-refractivity contribution in [3.8, 4) is 11.8 Å². The van der Waals surface area contributed by atoms with Crippen LogP contribution in [0.25, 0.3) is 11.8 Å². The first kappa shape index (κ1) is 26.2. The molecular formula is C30H22ClN3O4S. The third-order valence-electron chi connectivity index (χ3n) is 6.06. The summed E-state index contributed by atoms with van der Waals surface area (Å²) in [5, 5.41) is 9.48. The Bertz CT molecular complexity index is 1780. The van der Waals surface area contributed by atoms with E-state index in [1.807, 2.05) is 42.5 Å². The van der Waals surface area contributed by atoms with E-state index in [-0.39, 0.29) is 24.3 Å². The molecule has 0 amide bonds. The number of benzene rings is 3. The van der Waals surface area contributed by atoms with Crippen molar-refractivity contribution in [2.75, 3.05) is 13.2 Å². The lowest BCUT2D eigenvalue weighted by atomic mass is 9.93. The van der Waals surface area contributed by atoms with Crippen molar-refractivity contribution in [3.05, 3.63) is 126 Å². The summed E-state index contributed by atoms with van der Waals surface area (Å²) in [6.07, 6.45) is 1.71. The van der Waals surface area contributed by atoms with Gasteiger partial charge in [-0.05, 0) is 36.8 Å². The van der Waals surface area contributed by atoms with Crippen molar-refractivity contribution in [3.63, 3.8) is 0 Å². The number of hydrogen-bond acceptors (Lipinski definition) is 7. The van der Waals surface area contributed by atoms with Crippen LogP contribution in [0.2, 0.25) is 5.02 Å². The molecule has 1 aromatic heterocycles. The molecule has 2 heterocycles. The van der Waals surface area contributed by atoms with Gasteiger partial charge in [0.2, 0.25) is 0 Å². The Labute approximate surface area is 233 Å². The second kappa shape index (κ2) is 11.5. The lowest BCUT2D eigenvalue weighted by Crippen LogP contribution is -2.40. The minimum Gasteiger partial charge on any atom is -0.478 e. The average molecular weight is 556 g/mol. The highest BCUT2D eigenvalue weighted by Crippen LogP contribution is 2.35. The highest BCUT2D eigenvalue weighted by atomic mass is 35.5. The third-order valence-corrected chi connectivity index (χ3v) is 7.29. The SMILES string of the molecule is CCOC(=O)C1=C(c2ccccc2)N=c2s/c(=C\c3ccccc3OCC#N)c(=O)n2[C@@H]1c1ccc(Cl)cc1. The predicted octanol–water partition coefficient (Wildman–Crippen LogP) is 4.49. The van der Waals surface area contributed by atoms with Gasteiger partial charge in [-0.15, -0.1) is 0 Å².